The third-order valence-electron chi connectivity index (χ3n) is 3.29. The van der Waals surface area contributed by atoms with Crippen LogP contribution in [0.15, 0.2) is 59.4 Å². The Balaban J connectivity index is 2.19. The van der Waals surface area contributed by atoms with Crippen molar-refractivity contribution in [3.05, 3.63) is 65.1 Å². The molecule has 0 amide bonds. The van der Waals surface area contributed by atoms with Crippen LogP contribution in [0, 0.1) is 0 Å². The second-order valence-electron chi connectivity index (χ2n) is 4.63. The van der Waals surface area contributed by atoms with E-state index < -0.39 is 0 Å². The number of rotatable bonds is 3. The Labute approximate surface area is 122 Å². The van der Waals surface area contributed by atoms with Gasteiger partial charge in [-0.2, -0.15) is 0 Å². The molecule has 0 aliphatic rings. The molecule has 21 heavy (non-hydrogen) atoms. The number of hydrogen-bond donors (Lipinski definition) is 0. The fourth-order valence-electron chi connectivity index (χ4n) is 2.20. The van der Waals surface area contributed by atoms with Crippen molar-refractivity contribution in [3.8, 4) is 22.8 Å². The largest absolute Gasteiger partial charge is 0.497 e. The van der Waals surface area contributed by atoms with Crippen molar-refractivity contribution in [2.24, 2.45) is 7.05 Å². The summed E-state index contributed by atoms with van der Waals surface area (Å²) in [6.45, 7) is 0. The highest BCUT2D eigenvalue weighted by Crippen LogP contribution is 2.20. The van der Waals surface area contributed by atoms with Crippen LogP contribution in [0.2, 0.25) is 0 Å². The summed E-state index contributed by atoms with van der Waals surface area (Å²) in [5, 5.41) is 4.34. The first-order valence-electron chi connectivity index (χ1n) is 6.56. The van der Waals surface area contributed by atoms with Crippen LogP contribution in [0.1, 0.15) is 0 Å². The van der Waals surface area contributed by atoms with Gasteiger partial charge in [0, 0.05) is 12.6 Å². The van der Waals surface area contributed by atoms with Crippen LogP contribution in [0.3, 0.4) is 0 Å². The van der Waals surface area contributed by atoms with Gasteiger partial charge in [-0.05, 0) is 24.3 Å². The molecule has 1 heterocycles. The van der Waals surface area contributed by atoms with Crippen molar-refractivity contribution in [2.45, 2.75) is 0 Å². The number of aromatic nitrogens is 3. The predicted octanol–water partition coefficient (Wildman–Crippen LogP) is 2.25. The first-order chi connectivity index (χ1) is 10.2. The fraction of sp³-hybridized carbons (Fsp3) is 0.125. The smallest absolute Gasteiger partial charge is 0.350 e. The molecule has 0 spiro atoms. The molecule has 0 atom stereocenters. The Morgan fingerprint density at radius 3 is 2.29 bits per heavy atom. The van der Waals surface area contributed by atoms with Crippen LogP contribution in [0.4, 0.5) is 0 Å². The van der Waals surface area contributed by atoms with Gasteiger partial charge in [-0.25, -0.2) is 14.0 Å². The molecule has 0 radical (unpaired) electrons. The summed E-state index contributed by atoms with van der Waals surface area (Å²) in [6.07, 6.45) is 0. The molecular formula is C16H15N3O2. The van der Waals surface area contributed by atoms with Crippen molar-refractivity contribution in [2.75, 3.05) is 7.11 Å². The molecule has 0 saturated carbocycles. The van der Waals surface area contributed by atoms with E-state index >= 15 is 0 Å². The summed E-state index contributed by atoms with van der Waals surface area (Å²) in [7, 11) is 3.26. The van der Waals surface area contributed by atoms with Crippen LogP contribution in [0.25, 0.3) is 17.1 Å². The topological polar surface area (TPSA) is 49.0 Å². The van der Waals surface area contributed by atoms with Gasteiger partial charge in [0.1, 0.15) is 5.75 Å². The summed E-state index contributed by atoms with van der Waals surface area (Å²) in [4.78, 5) is 12.3. The number of methoxy groups -OCH3 is 1. The van der Waals surface area contributed by atoms with Gasteiger partial charge >= 0.3 is 5.69 Å². The van der Waals surface area contributed by atoms with E-state index in [1.54, 1.807) is 18.7 Å². The zero-order valence-corrected chi connectivity index (χ0v) is 11.9. The van der Waals surface area contributed by atoms with Gasteiger partial charge in [-0.3, -0.25) is 0 Å². The molecule has 0 N–H and O–H groups in total. The molecule has 5 nitrogen and oxygen atoms in total. The third kappa shape index (κ3) is 2.33. The van der Waals surface area contributed by atoms with E-state index in [0.29, 0.717) is 5.82 Å². The summed E-state index contributed by atoms with van der Waals surface area (Å²) in [6, 6.07) is 17.0. The predicted molar refractivity (Wildman–Crippen MR) is 80.8 cm³/mol. The number of ether oxygens (including phenoxy) is 1. The summed E-state index contributed by atoms with van der Waals surface area (Å²) in [5.74, 6) is 1.37. The SMILES string of the molecule is COc1ccc(-n2c(-c3ccccc3)nn(C)c2=O)cc1. The zero-order chi connectivity index (χ0) is 14.8. The van der Waals surface area contributed by atoms with Crippen molar-refractivity contribution in [1.29, 1.82) is 0 Å². The van der Waals surface area contributed by atoms with E-state index in [0.717, 1.165) is 17.0 Å². The van der Waals surface area contributed by atoms with Crippen molar-refractivity contribution < 1.29 is 4.74 Å². The van der Waals surface area contributed by atoms with Gasteiger partial charge in [0.15, 0.2) is 5.82 Å². The lowest BCUT2D eigenvalue weighted by Gasteiger charge is -2.06. The maximum atomic E-state index is 12.3. The third-order valence-corrected chi connectivity index (χ3v) is 3.29. The first kappa shape index (κ1) is 13.2. The molecule has 2 aromatic carbocycles. The lowest BCUT2D eigenvalue weighted by atomic mass is 10.2. The van der Waals surface area contributed by atoms with E-state index in [4.69, 9.17) is 4.74 Å². The molecule has 0 aliphatic heterocycles. The molecular weight excluding hydrogens is 266 g/mol. The fourth-order valence-corrected chi connectivity index (χ4v) is 2.20. The second-order valence-corrected chi connectivity index (χ2v) is 4.63. The quantitative estimate of drug-likeness (QED) is 0.740. The molecule has 0 fully saturated rings. The minimum absolute atomic E-state index is 0.181. The molecule has 3 rings (SSSR count). The maximum absolute atomic E-state index is 12.3. The van der Waals surface area contributed by atoms with E-state index in [1.165, 1.54) is 4.68 Å². The Kier molecular flexibility index (Phi) is 3.31. The van der Waals surface area contributed by atoms with Gasteiger partial charge in [-0.15, -0.1) is 5.10 Å². The van der Waals surface area contributed by atoms with E-state index in [9.17, 15) is 4.79 Å². The van der Waals surface area contributed by atoms with Gasteiger partial charge in [0.05, 0.1) is 12.8 Å². The first-order valence-corrected chi connectivity index (χ1v) is 6.56. The maximum Gasteiger partial charge on any atom is 0.350 e. The average molecular weight is 281 g/mol. The van der Waals surface area contributed by atoms with Gasteiger partial charge in [-0.1, -0.05) is 30.3 Å². The lowest BCUT2D eigenvalue weighted by Crippen LogP contribution is -2.21. The lowest BCUT2D eigenvalue weighted by molar-refractivity contribution is 0.414. The van der Waals surface area contributed by atoms with E-state index in [1.807, 2.05) is 54.6 Å². The summed E-state index contributed by atoms with van der Waals surface area (Å²) >= 11 is 0. The van der Waals surface area contributed by atoms with E-state index in [-0.39, 0.29) is 5.69 Å². The van der Waals surface area contributed by atoms with Crippen LogP contribution in [-0.2, 0) is 7.05 Å². The van der Waals surface area contributed by atoms with Crippen LogP contribution >= 0.6 is 0 Å². The molecule has 0 bridgehead atoms. The van der Waals surface area contributed by atoms with Crippen LogP contribution < -0.4 is 10.4 Å². The van der Waals surface area contributed by atoms with Crippen LogP contribution in [0.5, 0.6) is 5.75 Å². The standard InChI is InChI=1S/C16H15N3O2/c1-18-16(20)19(13-8-10-14(21-2)11-9-13)15(17-18)12-6-4-3-5-7-12/h3-11H,1-2H3. The Morgan fingerprint density at radius 1 is 1.00 bits per heavy atom. The average Bonchev–Trinajstić information content (AvgIpc) is 2.84. The Bertz CT molecular complexity index is 802. The monoisotopic (exact) mass is 281 g/mol. The molecule has 0 saturated heterocycles. The number of nitrogens with zero attached hydrogens (tertiary/aromatic N) is 3. The van der Waals surface area contributed by atoms with Crippen molar-refractivity contribution in [1.82, 2.24) is 14.3 Å². The summed E-state index contributed by atoms with van der Waals surface area (Å²) in [5.41, 5.74) is 1.47. The highest BCUT2D eigenvalue weighted by molar-refractivity contribution is 5.58. The zero-order valence-electron chi connectivity index (χ0n) is 11.9. The Hall–Kier alpha value is -2.82. The van der Waals surface area contributed by atoms with Crippen molar-refractivity contribution in [3.63, 3.8) is 0 Å². The second kappa shape index (κ2) is 5.28. The van der Waals surface area contributed by atoms with Gasteiger partial charge in [0.25, 0.3) is 0 Å². The number of hydrogen-bond acceptors (Lipinski definition) is 3. The van der Waals surface area contributed by atoms with Gasteiger partial charge < -0.3 is 4.74 Å². The van der Waals surface area contributed by atoms with Crippen LogP contribution in [-0.4, -0.2) is 21.5 Å². The van der Waals surface area contributed by atoms with Crippen molar-refractivity contribution >= 4 is 0 Å². The molecule has 5 heteroatoms. The summed E-state index contributed by atoms with van der Waals surface area (Å²) < 4.78 is 8.08. The molecule has 0 unspecified atom stereocenters. The molecule has 0 aliphatic carbocycles. The van der Waals surface area contributed by atoms with Gasteiger partial charge in [0.2, 0.25) is 0 Å². The minimum Gasteiger partial charge on any atom is -0.497 e. The number of benzene rings is 2. The molecule has 1 aromatic heterocycles. The Morgan fingerprint density at radius 2 is 1.67 bits per heavy atom. The normalized spacial score (nSPS) is 10.6. The molecule has 106 valence electrons. The molecule has 3 aromatic rings. The highest BCUT2D eigenvalue weighted by atomic mass is 16.5. The minimum atomic E-state index is -0.181. The van der Waals surface area contributed by atoms with E-state index in [2.05, 4.69) is 5.10 Å². The number of aryl methyl sites for hydroxylation is 1. The highest BCUT2D eigenvalue weighted by Gasteiger charge is 2.14.